The lowest BCUT2D eigenvalue weighted by atomic mass is 9.93. The molecule has 0 unspecified atom stereocenters. The smallest absolute Gasteiger partial charge is 0.355 e. The number of carbonyl (C=O) groups is 3. The highest BCUT2D eigenvalue weighted by atomic mass is 16.5. The molecule has 1 amide bonds. The predicted molar refractivity (Wildman–Crippen MR) is 106 cm³/mol. The fourth-order valence-electron chi connectivity index (χ4n) is 4.46. The molecule has 2 aliphatic carbocycles. The number of hydrogen-bond acceptors (Lipinski definition) is 4. The first-order chi connectivity index (χ1) is 13.4. The number of esters is 1. The number of hydrogen-bond donors (Lipinski definition) is 0. The van der Waals surface area contributed by atoms with Crippen LogP contribution in [0.2, 0.25) is 0 Å². The Morgan fingerprint density at radius 2 is 1.71 bits per heavy atom. The first-order valence-electron chi connectivity index (χ1n) is 10.5. The van der Waals surface area contributed by atoms with Crippen molar-refractivity contribution in [3.63, 3.8) is 0 Å². The number of amides is 1. The summed E-state index contributed by atoms with van der Waals surface area (Å²) in [6.07, 6.45) is 7.27. The summed E-state index contributed by atoms with van der Waals surface area (Å²) >= 11 is 0. The second-order valence-electron chi connectivity index (χ2n) is 8.17. The SMILES string of the molecule is CCOC(=O)c1c(C)c(C(=O)CN(C(=O)C2CC2)C2CCCCC2)c(C)n1C. The minimum atomic E-state index is -0.414. The molecule has 0 bridgehead atoms. The van der Waals surface area contributed by atoms with Crippen molar-refractivity contribution in [2.45, 2.75) is 71.8 Å². The van der Waals surface area contributed by atoms with Crippen LogP contribution in [-0.2, 0) is 16.6 Å². The first-order valence-corrected chi connectivity index (χ1v) is 10.5. The Labute approximate surface area is 167 Å². The minimum Gasteiger partial charge on any atom is -0.461 e. The Bertz CT molecular complexity index is 770. The highest BCUT2D eigenvalue weighted by molar-refractivity contribution is 6.04. The Hall–Kier alpha value is -2.11. The van der Waals surface area contributed by atoms with E-state index in [2.05, 4.69) is 0 Å². The van der Waals surface area contributed by atoms with E-state index in [-0.39, 0.29) is 36.8 Å². The van der Waals surface area contributed by atoms with Gasteiger partial charge in [-0.25, -0.2) is 4.79 Å². The van der Waals surface area contributed by atoms with Gasteiger partial charge in [-0.15, -0.1) is 0 Å². The van der Waals surface area contributed by atoms with Gasteiger partial charge in [-0.3, -0.25) is 9.59 Å². The molecular weight excluding hydrogens is 356 g/mol. The third kappa shape index (κ3) is 4.01. The maximum atomic E-state index is 13.3. The van der Waals surface area contributed by atoms with E-state index in [1.165, 1.54) is 6.42 Å². The van der Waals surface area contributed by atoms with Crippen molar-refractivity contribution in [2.75, 3.05) is 13.2 Å². The molecule has 0 spiro atoms. The van der Waals surface area contributed by atoms with Gasteiger partial charge in [0.1, 0.15) is 5.69 Å². The van der Waals surface area contributed by atoms with Gasteiger partial charge in [0.25, 0.3) is 0 Å². The van der Waals surface area contributed by atoms with Gasteiger partial charge in [0.05, 0.1) is 13.2 Å². The third-order valence-electron chi connectivity index (χ3n) is 6.22. The van der Waals surface area contributed by atoms with Crippen LogP contribution in [0, 0.1) is 19.8 Å². The summed E-state index contributed by atoms with van der Waals surface area (Å²) in [5, 5.41) is 0. The topological polar surface area (TPSA) is 68.6 Å². The molecule has 0 aliphatic heterocycles. The molecule has 1 heterocycles. The van der Waals surface area contributed by atoms with Crippen molar-refractivity contribution in [1.29, 1.82) is 0 Å². The second kappa shape index (κ2) is 8.50. The van der Waals surface area contributed by atoms with E-state index >= 15 is 0 Å². The average Bonchev–Trinajstić information content (AvgIpc) is 3.48. The summed E-state index contributed by atoms with van der Waals surface area (Å²) in [6.45, 7) is 5.79. The lowest BCUT2D eigenvalue weighted by Crippen LogP contribution is -2.45. The number of rotatable bonds is 7. The number of Topliss-reactive ketones (excluding diaryl/α,β-unsaturated/α-hetero) is 1. The molecular formula is C22H32N2O4. The van der Waals surface area contributed by atoms with Gasteiger partial charge in [0.2, 0.25) is 5.91 Å². The highest BCUT2D eigenvalue weighted by Crippen LogP contribution is 2.34. The van der Waals surface area contributed by atoms with Gasteiger partial charge in [-0.05, 0) is 52.0 Å². The van der Waals surface area contributed by atoms with E-state index in [1.54, 1.807) is 25.5 Å². The Morgan fingerprint density at radius 3 is 2.29 bits per heavy atom. The molecule has 1 aromatic rings. The maximum absolute atomic E-state index is 13.3. The lowest BCUT2D eigenvalue weighted by Gasteiger charge is -2.34. The van der Waals surface area contributed by atoms with Crippen LogP contribution in [0.3, 0.4) is 0 Å². The Morgan fingerprint density at radius 1 is 1.07 bits per heavy atom. The van der Waals surface area contributed by atoms with Crippen LogP contribution in [0.15, 0.2) is 0 Å². The van der Waals surface area contributed by atoms with Crippen molar-refractivity contribution < 1.29 is 19.1 Å². The predicted octanol–water partition coefficient (Wildman–Crippen LogP) is 3.57. The van der Waals surface area contributed by atoms with Gasteiger partial charge < -0.3 is 14.2 Å². The van der Waals surface area contributed by atoms with E-state index in [9.17, 15) is 14.4 Å². The van der Waals surface area contributed by atoms with E-state index < -0.39 is 5.97 Å². The fourth-order valence-corrected chi connectivity index (χ4v) is 4.46. The summed E-state index contributed by atoms with van der Waals surface area (Å²) in [5.41, 5.74) is 2.36. The fraction of sp³-hybridized carbons (Fsp3) is 0.682. The van der Waals surface area contributed by atoms with Gasteiger partial charge in [-0.2, -0.15) is 0 Å². The molecule has 0 N–H and O–H groups in total. The largest absolute Gasteiger partial charge is 0.461 e. The highest BCUT2D eigenvalue weighted by Gasteiger charge is 2.38. The molecule has 6 heteroatoms. The van der Waals surface area contributed by atoms with Gasteiger partial charge in [-0.1, -0.05) is 19.3 Å². The number of carbonyl (C=O) groups excluding carboxylic acids is 3. The quantitative estimate of drug-likeness (QED) is 0.529. The molecule has 1 aromatic heterocycles. The normalized spacial score (nSPS) is 17.4. The molecule has 0 radical (unpaired) electrons. The zero-order valence-electron chi connectivity index (χ0n) is 17.5. The molecule has 0 aromatic carbocycles. The molecule has 2 saturated carbocycles. The molecule has 2 aliphatic rings. The Kier molecular flexibility index (Phi) is 6.26. The maximum Gasteiger partial charge on any atom is 0.355 e. The molecule has 6 nitrogen and oxygen atoms in total. The molecule has 154 valence electrons. The molecule has 0 atom stereocenters. The van der Waals surface area contributed by atoms with Gasteiger partial charge in [0.15, 0.2) is 5.78 Å². The number of ether oxygens (including phenoxy) is 1. The minimum absolute atomic E-state index is 0.0827. The van der Waals surface area contributed by atoms with Crippen LogP contribution in [0.4, 0.5) is 0 Å². The summed E-state index contributed by atoms with van der Waals surface area (Å²) in [7, 11) is 1.78. The van der Waals surface area contributed by atoms with Crippen LogP contribution in [-0.4, -0.2) is 46.3 Å². The van der Waals surface area contributed by atoms with Crippen molar-refractivity contribution in [3.8, 4) is 0 Å². The number of ketones is 1. The zero-order valence-corrected chi connectivity index (χ0v) is 17.5. The van der Waals surface area contributed by atoms with Crippen LogP contribution >= 0.6 is 0 Å². The van der Waals surface area contributed by atoms with Crippen molar-refractivity contribution >= 4 is 17.7 Å². The summed E-state index contributed by atoms with van der Waals surface area (Å²) in [4.78, 5) is 40.3. The van der Waals surface area contributed by atoms with Gasteiger partial charge >= 0.3 is 5.97 Å². The van der Waals surface area contributed by atoms with Crippen LogP contribution in [0.1, 0.15) is 84.0 Å². The van der Waals surface area contributed by atoms with Crippen molar-refractivity contribution in [1.82, 2.24) is 9.47 Å². The zero-order chi connectivity index (χ0) is 20.4. The van der Waals surface area contributed by atoms with E-state index in [0.717, 1.165) is 44.2 Å². The summed E-state index contributed by atoms with van der Waals surface area (Å²) < 4.78 is 6.89. The second-order valence-corrected chi connectivity index (χ2v) is 8.17. The summed E-state index contributed by atoms with van der Waals surface area (Å²) in [6, 6.07) is 0.166. The number of nitrogens with zero attached hydrogens (tertiary/aromatic N) is 2. The van der Waals surface area contributed by atoms with Crippen LogP contribution in [0.25, 0.3) is 0 Å². The van der Waals surface area contributed by atoms with Gasteiger partial charge in [0, 0.05) is 30.3 Å². The molecule has 28 heavy (non-hydrogen) atoms. The van der Waals surface area contributed by atoms with Crippen LogP contribution < -0.4 is 0 Å². The monoisotopic (exact) mass is 388 g/mol. The standard InChI is InChI=1S/C22H32N2O4/c1-5-28-22(27)20-14(2)19(15(3)23(20)4)18(25)13-24(21(26)16-11-12-16)17-9-7-6-8-10-17/h16-17H,5-13H2,1-4H3. The van der Waals surface area contributed by atoms with Crippen molar-refractivity contribution in [3.05, 3.63) is 22.5 Å². The Balaban J connectivity index is 1.86. The molecule has 2 fully saturated rings. The first kappa shape index (κ1) is 20.6. The lowest BCUT2D eigenvalue weighted by molar-refractivity contribution is -0.135. The molecule has 0 saturated heterocycles. The summed E-state index contributed by atoms with van der Waals surface area (Å²) in [5.74, 6) is -0.261. The van der Waals surface area contributed by atoms with Crippen molar-refractivity contribution in [2.24, 2.45) is 13.0 Å². The van der Waals surface area contributed by atoms with E-state index in [1.807, 2.05) is 11.8 Å². The van der Waals surface area contributed by atoms with E-state index in [4.69, 9.17) is 4.74 Å². The number of aromatic nitrogens is 1. The third-order valence-corrected chi connectivity index (χ3v) is 6.22. The van der Waals surface area contributed by atoms with E-state index in [0.29, 0.717) is 16.8 Å². The molecule has 3 rings (SSSR count). The average molecular weight is 389 g/mol. The van der Waals surface area contributed by atoms with Crippen LogP contribution in [0.5, 0.6) is 0 Å².